The van der Waals surface area contributed by atoms with Crippen molar-refractivity contribution < 1.29 is 22.7 Å². The molecule has 0 aliphatic heterocycles. The van der Waals surface area contributed by atoms with E-state index in [1.165, 1.54) is 12.1 Å². The zero-order chi connectivity index (χ0) is 14.7. The van der Waals surface area contributed by atoms with E-state index in [1.807, 2.05) is 0 Å². The highest BCUT2D eigenvalue weighted by molar-refractivity contribution is 5.82. The van der Waals surface area contributed by atoms with E-state index < -0.39 is 28.8 Å². The molecule has 0 amide bonds. The Hall–Kier alpha value is -2.21. The highest BCUT2D eigenvalue weighted by Gasteiger charge is 2.17. The SMILES string of the molecule is OCc1ccc(/N=C/c2c(F)c(F)cc(F)c2F)cc1. The number of aliphatic hydroxyl groups is 1. The maximum absolute atomic E-state index is 13.4. The third-order valence-electron chi connectivity index (χ3n) is 2.61. The zero-order valence-electron chi connectivity index (χ0n) is 10.1. The molecule has 0 saturated carbocycles. The molecule has 0 atom stereocenters. The fraction of sp³-hybridized carbons (Fsp3) is 0.0714. The largest absolute Gasteiger partial charge is 0.392 e. The summed E-state index contributed by atoms with van der Waals surface area (Å²) in [6.07, 6.45) is 0.713. The molecule has 2 aromatic carbocycles. The Morgan fingerprint density at radius 3 is 2.00 bits per heavy atom. The lowest BCUT2D eigenvalue weighted by molar-refractivity contribution is 0.282. The number of hydrogen-bond acceptors (Lipinski definition) is 2. The standard InChI is InChI=1S/C14H9F4NO/c15-11-5-12(16)14(18)10(13(11)17)6-19-9-3-1-8(7-20)2-4-9/h1-6,20H,7H2/b19-6+. The van der Waals surface area contributed by atoms with Gasteiger partial charge in [0.15, 0.2) is 23.3 Å². The summed E-state index contributed by atoms with van der Waals surface area (Å²) in [6.45, 7) is -0.150. The van der Waals surface area contributed by atoms with Gasteiger partial charge >= 0.3 is 0 Å². The van der Waals surface area contributed by atoms with E-state index in [9.17, 15) is 17.6 Å². The topological polar surface area (TPSA) is 32.6 Å². The van der Waals surface area contributed by atoms with E-state index in [0.29, 0.717) is 17.5 Å². The first-order chi connectivity index (χ1) is 9.52. The van der Waals surface area contributed by atoms with Gasteiger partial charge in [-0.15, -0.1) is 0 Å². The van der Waals surface area contributed by atoms with Crippen molar-refractivity contribution in [2.45, 2.75) is 6.61 Å². The van der Waals surface area contributed by atoms with Gasteiger partial charge in [-0.2, -0.15) is 0 Å². The molecule has 2 rings (SSSR count). The smallest absolute Gasteiger partial charge is 0.170 e. The molecule has 6 heteroatoms. The lowest BCUT2D eigenvalue weighted by atomic mass is 10.2. The van der Waals surface area contributed by atoms with Crippen LogP contribution in [0.2, 0.25) is 0 Å². The normalized spacial score (nSPS) is 11.2. The van der Waals surface area contributed by atoms with E-state index in [0.717, 1.165) is 0 Å². The number of hydrogen-bond donors (Lipinski definition) is 1. The van der Waals surface area contributed by atoms with E-state index in [-0.39, 0.29) is 12.7 Å². The lowest BCUT2D eigenvalue weighted by Crippen LogP contribution is -2.01. The number of halogens is 4. The quantitative estimate of drug-likeness (QED) is 0.522. The van der Waals surface area contributed by atoms with Gasteiger partial charge in [0, 0.05) is 12.3 Å². The van der Waals surface area contributed by atoms with Crippen LogP contribution in [-0.2, 0) is 6.61 Å². The minimum atomic E-state index is -1.50. The summed E-state index contributed by atoms with van der Waals surface area (Å²) in [7, 11) is 0. The van der Waals surface area contributed by atoms with Gasteiger partial charge in [-0.3, -0.25) is 4.99 Å². The molecule has 0 fully saturated rings. The van der Waals surface area contributed by atoms with Crippen LogP contribution in [0, 0.1) is 23.3 Å². The van der Waals surface area contributed by atoms with E-state index in [4.69, 9.17) is 5.11 Å². The molecule has 0 heterocycles. The second-order valence-electron chi connectivity index (χ2n) is 3.96. The van der Waals surface area contributed by atoms with Gasteiger partial charge < -0.3 is 5.11 Å². The van der Waals surface area contributed by atoms with E-state index in [1.54, 1.807) is 12.1 Å². The molecule has 20 heavy (non-hydrogen) atoms. The van der Waals surface area contributed by atoms with Crippen LogP contribution in [0.3, 0.4) is 0 Å². The summed E-state index contributed by atoms with van der Waals surface area (Å²) >= 11 is 0. The van der Waals surface area contributed by atoms with Gasteiger partial charge in [-0.1, -0.05) is 12.1 Å². The molecule has 0 aromatic heterocycles. The summed E-state index contributed by atoms with van der Waals surface area (Å²) < 4.78 is 52.7. The maximum atomic E-state index is 13.4. The molecular formula is C14H9F4NO. The minimum absolute atomic E-state index is 0.137. The Kier molecular flexibility index (Phi) is 4.14. The van der Waals surface area contributed by atoms with Crippen molar-refractivity contribution in [2.75, 3.05) is 0 Å². The molecule has 0 unspecified atom stereocenters. The highest BCUT2D eigenvalue weighted by Crippen LogP contribution is 2.19. The number of aliphatic imine (C=N–C) groups is 1. The van der Waals surface area contributed by atoms with Gasteiger partial charge in [-0.05, 0) is 17.7 Å². The van der Waals surface area contributed by atoms with E-state index >= 15 is 0 Å². The first-order valence-electron chi connectivity index (χ1n) is 5.59. The summed E-state index contributed by atoms with van der Waals surface area (Å²) in [6, 6.07) is 6.25. The third kappa shape index (κ3) is 2.85. The van der Waals surface area contributed by atoms with Crippen molar-refractivity contribution in [1.29, 1.82) is 0 Å². The summed E-state index contributed by atoms with van der Waals surface area (Å²) in [5.41, 5.74) is 0.0810. The van der Waals surface area contributed by atoms with Crippen molar-refractivity contribution >= 4 is 11.9 Å². The van der Waals surface area contributed by atoms with Gasteiger partial charge in [-0.25, -0.2) is 17.6 Å². The molecule has 0 aliphatic carbocycles. The molecule has 0 spiro atoms. The molecule has 0 radical (unpaired) electrons. The molecule has 0 bridgehead atoms. The number of aliphatic hydroxyl groups excluding tert-OH is 1. The second-order valence-corrected chi connectivity index (χ2v) is 3.96. The van der Waals surface area contributed by atoms with Gasteiger partial charge in [0.25, 0.3) is 0 Å². The molecular weight excluding hydrogens is 274 g/mol. The molecule has 2 nitrogen and oxygen atoms in total. The molecule has 1 N–H and O–H groups in total. The summed E-state index contributed by atoms with van der Waals surface area (Å²) in [5, 5.41) is 8.85. The Balaban J connectivity index is 2.35. The molecule has 0 saturated heterocycles. The van der Waals surface area contributed by atoms with Crippen LogP contribution < -0.4 is 0 Å². The Morgan fingerprint density at radius 2 is 1.50 bits per heavy atom. The Morgan fingerprint density at radius 1 is 0.950 bits per heavy atom. The lowest BCUT2D eigenvalue weighted by Gasteiger charge is -2.02. The fourth-order valence-electron chi connectivity index (χ4n) is 1.53. The van der Waals surface area contributed by atoms with Crippen molar-refractivity contribution in [2.24, 2.45) is 4.99 Å². The van der Waals surface area contributed by atoms with Crippen LogP contribution in [-0.4, -0.2) is 11.3 Å². The fourth-order valence-corrected chi connectivity index (χ4v) is 1.53. The molecule has 104 valence electrons. The molecule has 2 aromatic rings. The Labute approximate surface area is 112 Å². The number of nitrogens with zero attached hydrogens (tertiary/aromatic N) is 1. The van der Waals surface area contributed by atoms with Crippen molar-refractivity contribution in [3.8, 4) is 0 Å². The maximum Gasteiger partial charge on any atom is 0.170 e. The monoisotopic (exact) mass is 283 g/mol. The van der Waals surface area contributed by atoms with Crippen molar-refractivity contribution in [3.63, 3.8) is 0 Å². The van der Waals surface area contributed by atoms with Crippen LogP contribution in [0.4, 0.5) is 23.2 Å². The minimum Gasteiger partial charge on any atom is -0.392 e. The molecule has 0 aliphatic rings. The van der Waals surface area contributed by atoms with Crippen LogP contribution in [0.25, 0.3) is 0 Å². The van der Waals surface area contributed by atoms with Crippen molar-refractivity contribution in [3.05, 3.63) is 64.7 Å². The summed E-state index contributed by atoms with van der Waals surface area (Å²) in [4.78, 5) is 3.74. The first kappa shape index (κ1) is 14.2. The van der Waals surface area contributed by atoms with Crippen LogP contribution in [0.1, 0.15) is 11.1 Å². The number of rotatable bonds is 3. The van der Waals surface area contributed by atoms with Crippen LogP contribution in [0.5, 0.6) is 0 Å². The first-order valence-corrected chi connectivity index (χ1v) is 5.59. The van der Waals surface area contributed by atoms with Gasteiger partial charge in [0.05, 0.1) is 17.9 Å². The predicted octanol–water partition coefficient (Wildman–Crippen LogP) is 3.49. The van der Waals surface area contributed by atoms with Crippen molar-refractivity contribution in [1.82, 2.24) is 0 Å². The predicted molar refractivity (Wildman–Crippen MR) is 65.9 cm³/mol. The van der Waals surface area contributed by atoms with Gasteiger partial charge in [0.1, 0.15) is 0 Å². The van der Waals surface area contributed by atoms with Crippen LogP contribution >= 0.6 is 0 Å². The highest BCUT2D eigenvalue weighted by atomic mass is 19.2. The van der Waals surface area contributed by atoms with Gasteiger partial charge in [0.2, 0.25) is 0 Å². The second kappa shape index (κ2) is 5.83. The third-order valence-corrected chi connectivity index (χ3v) is 2.61. The average molecular weight is 283 g/mol. The van der Waals surface area contributed by atoms with E-state index in [2.05, 4.69) is 4.99 Å². The zero-order valence-corrected chi connectivity index (χ0v) is 10.1. The number of benzene rings is 2. The summed E-state index contributed by atoms with van der Waals surface area (Å²) in [5.74, 6) is -5.97. The Bertz CT molecular complexity index is 627. The van der Waals surface area contributed by atoms with Crippen LogP contribution in [0.15, 0.2) is 35.3 Å². The average Bonchev–Trinajstić information content (AvgIpc) is 2.46.